The van der Waals surface area contributed by atoms with E-state index in [9.17, 15) is 4.79 Å². The fraction of sp³-hybridized carbons (Fsp3) is 0.400. The summed E-state index contributed by atoms with van der Waals surface area (Å²) in [7, 11) is 1.74. The molecule has 1 fully saturated rings. The number of halogens is 1. The highest BCUT2D eigenvalue weighted by atomic mass is 127. The van der Waals surface area contributed by atoms with Gasteiger partial charge in [0.05, 0.1) is 6.26 Å². The van der Waals surface area contributed by atoms with Gasteiger partial charge in [-0.3, -0.25) is 4.99 Å². The largest absolute Gasteiger partial charge is 0.469 e. The van der Waals surface area contributed by atoms with Gasteiger partial charge in [-0.15, -0.1) is 24.0 Å². The van der Waals surface area contributed by atoms with E-state index in [0.29, 0.717) is 6.54 Å². The number of anilines is 1. The molecule has 1 saturated heterocycles. The Morgan fingerprint density at radius 2 is 2.00 bits per heavy atom. The van der Waals surface area contributed by atoms with Gasteiger partial charge < -0.3 is 25.3 Å². The summed E-state index contributed by atoms with van der Waals surface area (Å²) >= 11 is 0. The first kappa shape index (κ1) is 22.1. The minimum atomic E-state index is -0.0204. The molecule has 8 heteroatoms. The molecule has 1 aromatic heterocycles. The molecule has 28 heavy (non-hydrogen) atoms. The van der Waals surface area contributed by atoms with Crippen molar-refractivity contribution in [3.05, 3.63) is 54.0 Å². The van der Waals surface area contributed by atoms with E-state index < -0.39 is 0 Å². The Balaban J connectivity index is 0.00000280. The molecular formula is C20H28IN5O2. The summed E-state index contributed by atoms with van der Waals surface area (Å²) in [4.78, 5) is 18.3. The third-order valence-electron chi connectivity index (χ3n) is 4.50. The van der Waals surface area contributed by atoms with Crippen molar-refractivity contribution in [3.8, 4) is 0 Å². The second-order valence-corrected chi connectivity index (χ2v) is 6.51. The molecule has 3 N–H and O–H groups in total. The zero-order chi connectivity index (χ0) is 18.9. The number of carbonyl (C=O) groups is 1. The van der Waals surface area contributed by atoms with Crippen LogP contribution in [0, 0.1) is 0 Å². The molecule has 0 aliphatic carbocycles. The number of benzene rings is 1. The van der Waals surface area contributed by atoms with Crippen LogP contribution >= 0.6 is 24.0 Å². The number of carbonyl (C=O) groups excluding carboxylic acids is 1. The molecule has 0 radical (unpaired) electrons. The van der Waals surface area contributed by atoms with E-state index in [1.807, 2.05) is 41.3 Å². The number of urea groups is 1. The summed E-state index contributed by atoms with van der Waals surface area (Å²) in [6.07, 6.45) is 4.65. The minimum absolute atomic E-state index is 0. The van der Waals surface area contributed by atoms with Crippen molar-refractivity contribution in [3.63, 3.8) is 0 Å². The fourth-order valence-corrected chi connectivity index (χ4v) is 3.05. The summed E-state index contributed by atoms with van der Waals surface area (Å²) < 4.78 is 5.32. The van der Waals surface area contributed by atoms with Crippen LogP contribution in [0.25, 0.3) is 0 Å². The maximum atomic E-state index is 12.2. The van der Waals surface area contributed by atoms with Gasteiger partial charge in [0.1, 0.15) is 5.76 Å². The molecule has 2 amide bonds. The molecule has 0 spiro atoms. The molecule has 1 aliphatic heterocycles. The SMILES string of the molecule is CN=C(NCCc1ccco1)NCc1cccc(NC(=O)N2CCCC2)c1.I. The molecule has 2 aromatic rings. The van der Waals surface area contributed by atoms with E-state index in [0.717, 1.165) is 61.9 Å². The number of rotatable bonds is 6. The summed E-state index contributed by atoms with van der Waals surface area (Å²) in [6, 6.07) is 11.7. The molecule has 0 unspecified atom stereocenters. The standard InChI is InChI=1S/C20H27N5O2.HI/c1-21-19(22-10-9-18-8-5-13-27-18)23-15-16-6-4-7-17(14-16)24-20(26)25-11-2-3-12-25;/h4-8,13-14H,2-3,9-12,15H2,1H3,(H,24,26)(H2,21,22,23);1H. The molecule has 7 nitrogen and oxygen atoms in total. The first-order valence-electron chi connectivity index (χ1n) is 9.36. The third-order valence-corrected chi connectivity index (χ3v) is 4.50. The average molecular weight is 497 g/mol. The van der Waals surface area contributed by atoms with Crippen molar-refractivity contribution < 1.29 is 9.21 Å². The second kappa shape index (κ2) is 11.6. The fourth-order valence-electron chi connectivity index (χ4n) is 3.05. The lowest BCUT2D eigenvalue weighted by molar-refractivity contribution is 0.222. The van der Waals surface area contributed by atoms with Gasteiger partial charge >= 0.3 is 6.03 Å². The number of nitrogens with zero attached hydrogens (tertiary/aromatic N) is 2. The van der Waals surface area contributed by atoms with Gasteiger partial charge in [-0.1, -0.05) is 12.1 Å². The Morgan fingerprint density at radius 3 is 2.71 bits per heavy atom. The first-order chi connectivity index (χ1) is 13.2. The molecule has 1 aromatic carbocycles. The van der Waals surface area contributed by atoms with Crippen LogP contribution in [0.4, 0.5) is 10.5 Å². The zero-order valence-electron chi connectivity index (χ0n) is 16.1. The van der Waals surface area contributed by atoms with Crippen molar-refractivity contribution in [2.45, 2.75) is 25.8 Å². The molecule has 2 heterocycles. The topological polar surface area (TPSA) is 81.9 Å². The van der Waals surface area contributed by atoms with Crippen molar-refractivity contribution in [1.82, 2.24) is 15.5 Å². The van der Waals surface area contributed by atoms with Gasteiger partial charge in [0.15, 0.2) is 5.96 Å². The maximum absolute atomic E-state index is 12.2. The van der Waals surface area contributed by atoms with Gasteiger partial charge in [0.2, 0.25) is 0 Å². The second-order valence-electron chi connectivity index (χ2n) is 6.51. The normalized spacial score (nSPS) is 13.8. The van der Waals surface area contributed by atoms with Crippen molar-refractivity contribution in [2.24, 2.45) is 4.99 Å². The van der Waals surface area contributed by atoms with Crippen LogP contribution in [0.15, 0.2) is 52.1 Å². The quantitative estimate of drug-likeness (QED) is 0.325. The van der Waals surface area contributed by atoms with Crippen LogP contribution in [-0.2, 0) is 13.0 Å². The van der Waals surface area contributed by atoms with Gasteiger partial charge in [-0.25, -0.2) is 4.79 Å². The number of hydrogen-bond donors (Lipinski definition) is 3. The highest BCUT2D eigenvalue weighted by molar-refractivity contribution is 14.0. The number of amides is 2. The van der Waals surface area contributed by atoms with E-state index in [-0.39, 0.29) is 30.0 Å². The Bertz CT molecular complexity index is 758. The van der Waals surface area contributed by atoms with Crippen LogP contribution in [0.5, 0.6) is 0 Å². The van der Waals surface area contributed by atoms with Crippen LogP contribution in [0.3, 0.4) is 0 Å². The maximum Gasteiger partial charge on any atom is 0.321 e. The van der Waals surface area contributed by atoms with Gasteiger partial charge in [0, 0.05) is 45.3 Å². The summed E-state index contributed by atoms with van der Waals surface area (Å²) in [6.45, 7) is 3.03. The first-order valence-corrected chi connectivity index (χ1v) is 9.36. The Hall–Kier alpha value is -2.23. The molecule has 152 valence electrons. The van der Waals surface area contributed by atoms with Crippen LogP contribution in [0.2, 0.25) is 0 Å². The summed E-state index contributed by atoms with van der Waals surface area (Å²) in [5, 5.41) is 9.53. The summed E-state index contributed by atoms with van der Waals surface area (Å²) in [5.74, 6) is 1.67. The number of furan rings is 1. The molecule has 0 atom stereocenters. The number of hydrogen-bond acceptors (Lipinski definition) is 3. The number of nitrogens with one attached hydrogen (secondary N) is 3. The lowest BCUT2D eigenvalue weighted by Crippen LogP contribution is -2.37. The van der Waals surface area contributed by atoms with Gasteiger partial charge in [0.25, 0.3) is 0 Å². The third kappa shape index (κ3) is 6.74. The van der Waals surface area contributed by atoms with Crippen LogP contribution in [-0.4, -0.2) is 43.6 Å². The predicted molar refractivity (Wildman–Crippen MR) is 122 cm³/mol. The Morgan fingerprint density at radius 1 is 1.18 bits per heavy atom. The van der Waals surface area contributed by atoms with E-state index in [4.69, 9.17) is 4.42 Å². The number of aliphatic imine (C=N–C) groups is 1. The monoisotopic (exact) mass is 497 g/mol. The van der Waals surface area contributed by atoms with Crippen molar-refractivity contribution >= 4 is 41.7 Å². The molecule has 0 saturated carbocycles. The van der Waals surface area contributed by atoms with Crippen molar-refractivity contribution in [2.75, 3.05) is 32.0 Å². The molecule has 0 bridgehead atoms. The lowest BCUT2D eigenvalue weighted by atomic mass is 10.2. The lowest BCUT2D eigenvalue weighted by Gasteiger charge is -2.17. The smallest absolute Gasteiger partial charge is 0.321 e. The minimum Gasteiger partial charge on any atom is -0.469 e. The molecular weight excluding hydrogens is 469 g/mol. The van der Waals surface area contributed by atoms with Gasteiger partial charge in [-0.05, 0) is 42.7 Å². The predicted octanol–water partition coefficient (Wildman–Crippen LogP) is 3.43. The van der Waals surface area contributed by atoms with Crippen LogP contribution < -0.4 is 16.0 Å². The zero-order valence-corrected chi connectivity index (χ0v) is 18.4. The Labute approximate surface area is 183 Å². The van der Waals surface area contributed by atoms with E-state index in [2.05, 4.69) is 20.9 Å². The number of guanidine groups is 1. The van der Waals surface area contributed by atoms with Crippen LogP contribution in [0.1, 0.15) is 24.2 Å². The van der Waals surface area contributed by atoms with E-state index >= 15 is 0 Å². The highest BCUT2D eigenvalue weighted by Gasteiger charge is 2.17. The molecule has 1 aliphatic rings. The van der Waals surface area contributed by atoms with E-state index in [1.54, 1.807) is 13.3 Å². The van der Waals surface area contributed by atoms with E-state index in [1.165, 1.54) is 0 Å². The average Bonchev–Trinajstić information content (AvgIpc) is 3.38. The van der Waals surface area contributed by atoms with Gasteiger partial charge in [-0.2, -0.15) is 0 Å². The molecule has 3 rings (SSSR count). The number of likely N-dealkylation sites (tertiary alicyclic amines) is 1. The van der Waals surface area contributed by atoms with Crippen molar-refractivity contribution in [1.29, 1.82) is 0 Å². The Kier molecular flexibility index (Phi) is 9.12. The summed E-state index contributed by atoms with van der Waals surface area (Å²) in [5.41, 5.74) is 1.88. The highest BCUT2D eigenvalue weighted by Crippen LogP contribution is 2.14.